The molecular weight excluding hydrogens is 274 g/mol. The number of thiazole rings is 1. The maximum atomic E-state index is 12.3. The van der Waals surface area contributed by atoms with Crippen molar-refractivity contribution in [3.63, 3.8) is 0 Å². The first kappa shape index (κ1) is 13.3. The number of benzene rings is 1. The summed E-state index contributed by atoms with van der Waals surface area (Å²) in [4.78, 5) is 16.5. The summed E-state index contributed by atoms with van der Waals surface area (Å²) >= 11 is 1.39. The summed E-state index contributed by atoms with van der Waals surface area (Å²) in [5, 5.41) is 3.58. The summed E-state index contributed by atoms with van der Waals surface area (Å²) in [5.41, 5.74) is 7.15. The first-order valence-electron chi connectivity index (χ1n) is 6.67. The lowest BCUT2D eigenvalue weighted by atomic mass is 10.1. The second kappa shape index (κ2) is 5.38. The van der Waals surface area contributed by atoms with Gasteiger partial charge >= 0.3 is 0 Å². The number of hydrogen-bond acceptors (Lipinski definition) is 5. The van der Waals surface area contributed by atoms with Crippen molar-refractivity contribution in [3.05, 3.63) is 23.8 Å². The third-order valence-corrected chi connectivity index (χ3v) is 4.59. The minimum Gasteiger partial charge on any atom is -0.379 e. The van der Waals surface area contributed by atoms with Crippen LogP contribution >= 0.6 is 11.3 Å². The molecule has 3 N–H and O–H groups in total. The van der Waals surface area contributed by atoms with Crippen molar-refractivity contribution in [2.75, 3.05) is 12.8 Å². The highest BCUT2D eigenvalue weighted by molar-refractivity contribution is 7.22. The maximum Gasteiger partial charge on any atom is 0.251 e. The molecule has 0 aliphatic heterocycles. The number of rotatable bonds is 3. The average molecular weight is 291 g/mol. The molecular formula is C14H17N3O2S. The Balaban J connectivity index is 1.78. The molecule has 1 aromatic heterocycles. The van der Waals surface area contributed by atoms with E-state index >= 15 is 0 Å². The van der Waals surface area contributed by atoms with Crippen LogP contribution in [0.25, 0.3) is 10.2 Å². The van der Waals surface area contributed by atoms with Crippen LogP contribution in [0, 0.1) is 0 Å². The van der Waals surface area contributed by atoms with E-state index in [1.165, 1.54) is 11.3 Å². The Hall–Kier alpha value is -1.66. The number of amides is 1. The number of carbonyl (C=O) groups excluding carboxylic acids is 1. The van der Waals surface area contributed by atoms with Crippen molar-refractivity contribution < 1.29 is 9.53 Å². The Morgan fingerprint density at radius 2 is 2.35 bits per heavy atom. The molecule has 1 saturated carbocycles. The molecule has 20 heavy (non-hydrogen) atoms. The summed E-state index contributed by atoms with van der Waals surface area (Å²) in [5.74, 6) is -0.0622. The Kier molecular flexibility index (Phi) is 3.58. The van der Waals surface area contributed by atoms with Gasteiger partial charge < -0.3 is 15.8 Å². The van der Waals surface area contributed by atoms with Crippen LogP contribution in [0.2, 0.25) is 0 Å². The number of aromatic nitrogens is 1. The van der Waals surface area contributed by atoms with Gasteiger partial charge in [0.15, 0.2) is 5.13 Å². The number of fused-ring (bicyclic) bond motifs is 1. The van der Waals surface area contributed by atoms with Gasteiger partial charge in [0.2, 0.25) is 0 Å². The second-order valence-electron chi connectivity index (χ2n) is 5.02. The summed E-state index contributed by atoms with van der Waals surface area (Å²) in [7, 11) is 1.70. The standard InChI is InChI=1S/C14H17N3O2S/c1-19-11-4-2-3-9(11)16-13(18)8-5-6-10-12(7-8)20-14(15)17-10/h5-7,9,11H,2-4H2,1H3,(H2,15,17)(H,16,18). The fourth-order valence-electron chi connectivity index (χ4n) is 2.71. The molecule has 106 valence electrons. The van der Waals surface area contributed by atoms with Crippen molar-refractivity contribution in [1.82, 2.24) is 10.3 Å². The molecule has 1 aliphatic carbocycles. The topological polar surface area (TPSA) is 77.2 Å². The lowest BCUT2D eigenvalue weighted by Crippen LogP contribution is -2.40. The van der Waals surface area contributed by atoms with E-state index in [-0.39, 0.29) is 18.1 Å². The molecule has 2 unspecified atom stereocenters. The summed E-state index contributed by atoms with van der Waals surface area (Å²) in [6.07, 6.45) is 3.20. The van der Waals surface area contributed by atoms with Crippen molar-refractivity contribution in [3.8, 4) is 0 Å². The van der Waals surface area contributed by atoms with Crippen molar-refractivity contribution in [2.45, 2.75) is 31.4 Å². The van der Waals surface area contributed by atoms with Gasteiger partial charge in [-0.1, -0.05) is 11.3 Å². The van der Waals surface area contributed by atoms with E-state index in [1.807, 2.05) is 12.1 Å². The second-order valence-corrected chi connectivity index (χ2v) is 6.08. The number of nitrogens with two attached hydrogens (primary N) is 1. The van der Waals surface area contributed by atoms with Crippen LogP contribution in [-0.4, -0.2) is 30.1 Å². The molecule has 2 atom stereocenters. The van der Waals surface area contributed by atoms with Crippen LogP contribution in [0.4, 0.5) is 5.13 Å². The Labute approximate surface area is 121 Å². The molecule has 6 heteroatoms. The zero-order chi connectivity index (χ0) is 14.1. The Morgan fingerprint density at radius 3 is 3.15 bits per heavy atom. The number of methoxy groups -OCH3 is 1. The lowest BCUT2D eigenvalue weighted by molar-refractivity contribution is 0.0722. The number of ether oxygens (including phenoxy) is 1. The van der Waals surface area contributed by atoms with Gasteiger partial charge in [-0.25, -0.2) is 4.98 Å². The van der Waals surface area contributed by atoms with E-state index in [9.17, 15) is 4.79 Å². The molecule has 1 amide bonds. The quantitative estimate of drug-likeness (QED) is 0.908. The fraction of sp³-hybridized carbons (Fsp3) is 0.429. The van der Waals surface area contributed by atoms with E-state index in [4.69, 9.17) is 10.5 Å². The zero-order valence-corrected chi connectivity index (χ0v) is 12.1. The van der Waals surface area contributed by atoms with Crippen LogP contribution in [0.1, 0.15) is 29.6 Å². The van der Waals surface area contributed by atoms with Gasteiger partial charge in [-0.2, -0.15) is 0 Å². The Bertz CT molecular complexity index is 640. The molecule has 1 aliphatic rings. The largest absolute Gasteiger partial charge is 0.379 e. The molecule has 0 spiro atoms. The van der Waals surface area contributed by atoms with Gasteiger partial charge in [0, 0.05) is 12.7 Å². The SMILES string of the molecule is COC1CCCC1NC(=O)c1ccc2nc(N)sc2c1. The number of anilines is 1. The molecule has 1 aromatic carbocycles. The smallest absolute Gasteiger partial charge is 0.251 e. The highest BCUT2D eigenvalue weighted by atomic mass is 32.1. The number of nitrogen functional groups attached to an aromatic ring is 1. The summed E-state index contributed by atoms with van der Waals surface area (Å²) in [6.45, 7) is 0. The number of nitrogens with one attached hydrogen (secondary N) is 1. The fourth-order valence-corrected chi connectivity index (χ4v) is 3.48. The molecule has 0 bridgehead atoms. The van der Waals surface area contributed by atoms with Crippen molar-refractivity contribution >= 4 is 32.6 Å². The zero-order valence-electron chi connectivity index (χ0n) is 11.3. The molecule has 0 radical (unpaired) electrons. The van der Waals surface area contributed by atoms with Crippen LogP contribution in [-0.2, 0) is 4.74 Å². The maximum absolute atomic E-state index is 12.3. The van der Waals surface area contributed by atoms with Gasteiger partial charge in [0.25, 0.3) is 5.91 Å². The molecule has 0 saturated heterocycles. The third kappa shape index (κ3) is 2.48. The highest BCUT2D eigenvalue weighted by Crippen LogP contribution is 2.25. The normalized spacial score (nSPS) is 22.2. The first-order chi connectivity index (χ1) is 9.67. The van der Waals surface area contributed by atoms with E-state index < -0.39 is 0 Å². The highest BCUT2D eigenvalue weighted by Gasteiger charge is 2.28. The minimum atomic E-state index is -0.0622. The summed E-state index contributed by atoms with van der Waals surface area (Å²) < 4.78 is 6.33. The van der Waals surface area contributed by atoms with Gasteiger partial charge in [0.05, 0.1) is 22.4 Å². The van der Waals surface area contributed by atoms with Gasteiger partial charge in [0.1, 0.15) is 0 Å². The molecule has 5 nitrogen and oxygen atoms in total. The number of hydrogen-bond donors (Lipinski definition) is 2. The predicted octanol–water partition coefficient (Wildman–Crippen LogP) is 2.18. The van der Waals surface area contributed by atoms with Crippen LogP contribution < -0.4 is 11.1 Å². The molecule has 1 fully saturated rings. The number of carbonyl (C=O) groups is 1. The van der Waals surface area contributed by atoms with E-state index in [0.29, 0.717) is 10.7 Å². The van der Waals surface area contributed by atoms with Crippen LogP contribution in [0.3, 0.4) is 0 Å². The van der Waals surface area contributed by atoms with E-state index in [1.54, 1.807) is 13.2 Å². The van der Waals surface area contributed by atoms with E-state index in [2.05, 4.69) is 10.3 Å². The lowest BCUT2D eigenvalue weighted by Gasteiger charge is -2.19. The van der Waals surface area contributed by atoms with Crippen molar-refractivity contribution in [1.29, 1.82) is 0 Å². The predicted molar refractivity (Wildman–Crippen MR) is 79.9 cm³/mol. The number of nitrogens with zero attached hydrogens (tertiary/aromatic N) is 1. The minimum absolute atomic E-state index is 0.0622. The van der Waals surface area contributed by atoms with Gasteiger partial charge in [-0.3, -0.25) is 4.79 Å². The Morgan fingerprint density at radius 1 is 1.50 bits per heavy atom. The molecule has 3 rings (SSSR count). The molecule has 1 heterocycles. The third-order valence-electron chi connectivity index (χ3n) is 3.74. The van der Waals surface area contributed by atoms with Crippen molar-refractivity contribution in [2.24, 2.45) is 0 Å². The average Bonchev–Trinajstić information content (AvgIpc) is 3.02. The summed E-state index contributed by atoms with van der Waals surface area (Å²) in [6, 6.07) is 5.57. The van der Waals surface area contributed by atoms with Crippen LogP contribution in [0.15, 0.2) is 18.2 Å². The van der Waals surface area contributed by atoms with E-state index in [0.717, 1.165) is 29.5 Å². The van der Waals surface area contributed by atoms with Gasteiger partial charge in [-0.15, -0.1) is 0 Å². The van der Waals surface area contributed by atoms with Gasteiger partial charge in [-0.05, 0) is 37.5 Å². The molecule has 2 aromatic rings. The first-order valence-corrected chi connectivity index (χ1v) is 7.49. The van der Waals surface area contributed by atoms with Crippen LogP contribution in [0.5, 0.6) is 0 Å². The monoisotopic (exact) mass is 291 g/mol.